The van der Waals surface area contributed by atoms with Crippen LogP contribution in [0, 0.1) is 25.5 Å². The molecule has 2 saturated heterocycles. The summed E-state index contributed by atoms with van der Waals surface area (Å²) in [4.78, 5) is 3.51. The third kappa shape index (κ3) is 8.80. The fourth-order valence-corrected chi connectivity index (χ4v) is 8.24. The minimum absolute atomic E-state index is 0.181. The van der Waals surface area contributed by atoms with Gasteiger partial charge >= 0.3 is 0 Å². The first kappa shape index (κ1) is 33.3. The van der Waals surface area contributed by atoms with Gasteiger partial charge in [0.25, 0.3) is 0 Å². The number of benzene rings is 4. The van der Waals surface area contributed by atoms with Crippen LogP contribution in [0.5, 0.6) is 0 Å². The van der Waals surface area contributed by atoms with E-state index in [4.69, 9.17) is 23.2 Å². The van der Waals surface area contributed by atoms with Crippen LogP contribution in [0.4, 0.5) is 8.78 Å². The summed E-state index contributed by atoms with van der Waals surface area (Å²) in [7, 11) is 0. The van der Waals surface area contributed by atoms with Crippen LogP contribution in [0.1, 0.15) is 59.8 Å². The fraction of sp³-hybridized carbons (Fsp3) is 0.333. The molecule has 0 aromatic heterocycles. The first-order valence-corrected chi connectivity index (χ1v) is 17.5. The lowest BCUT2D eigenvalue weighted by Crippen LogP contribution is -2.26. The molecule has 2 heterocycles. The van der Waals surface area contributed by atoms with Crippen LogP contribution in [-0.2, 0) is 0 Å². The Bertz CT molecular complexity index is 1570. The molecular formula is C36H38Cl2F2N2S2. The highest BCUT2D eigenvalue weighted by atomic mass is 35.5. The quantitative estimate of drug-likeness (QED) is 0.213. The molecule has 0 saturated carbocycles. The van der Waals surface area contributed by atoms with Crippen LogP contribution in [0.3, 0.4) is 0 Å². The standard InChI is InChI=1S/2C18H19ClFNS/c1-12-2-4-17(15(10-12)13-6-8-21-9-7-13)22-18-5-3-14(19)11-16(18)20;1-12-5-6-16(14(11-12)13-7-9-21-10-8-13)22-17-4-2-3-15(19)18(17)20/h2-5,10-11,13,21H,6-9H2,1H3;2-6,11,13,21H,7-10H2,1H3. The van der Waals surface area contributed by atoms with E-state index in [1.165, 1.54) is 51.8 Å². The van der Waals surface area contributed by atoms with E-state index in [-0.39, 0.29) is 16.7 Å². The number of nitrogens with one attached hydrogen (secondary N) is 2. The Morgan fingerprint density at radius 1 is 0.614 bits per heavy atom. The van der Waals surface area contributed by atoms with Crippen molar-refractivity contribution in [1.82, 2.24) is 10.6 Å². The third-order valence-electron chi connectivity index (χ3n) is 8.14. The van der Waals surface area contributed by atoms with Gasteiger partial charge in [0.2, 0.25) is 0 Å². The number of hydrogen-bond acceptors (Lipinski definition) is 4. The summed E-state index contributed by atoms with van der Waals surface area (Å²) in [6, 6.07) is 23.0. The number of aryl methyl sites for hydroxylation is 2. The summed E-state index contributed by atoms with van der Waals surface area (Å²) < 4.78 is 28.3. The van der Waals surface area contributed by atoms with Crippen molar-refractivity contribution in [2.45, 2.75) is 70.9 Å². The smallest absolute Gasteiger partial charge is 0.155 e. The van der Waals surface area contributed by atoms with Gasteiger partial charge in [-0.15, -0.1) is 0 Å². The van der Waals surface area contributed by atoms with Crippen molar-refractivity contribution < 1.29 is 8.78 Å². The Morgan fingerprint density at radius 3 is 1.64 bits per heavy atom. The molecular weight excluding hydrogens is 633 g/mol. The molecule has 8 heteroatoms. The van der Waals surface area contributed by atoms with Gasteiger partial charge in [-0.3, -0.25) is 0 Å². The Kier molecular flexibility index (Phi) is 12.1. The molecule has 2 aliphatic heterocycles. The fourth-order valence-electron chi connectivity index (χ4n) is 5.78. The topological polar surface area (TPSA) is 24.1 Å². The number of rotatable bonds is 6. The van der Waals surface area contributed by atoms with Gasteiger partial charge in [0, 0.05) is 24.6 Å². The largest absolute Gasteiger partial charge is 0.317 e. The van der Waals surface area contributed by atoms with Gasteiger partial charge in [-0.1, -0.05) is 88.2 Å². The second kappa shape index (κ2) is 16.0. The molecule has 44 heavy (non-hydrogen) atoms. The molecule has 0 radical (unpaired) electrons. The van der Waals surface area contributed by atoms with Crippen molar-refractivity contribution in [3.05, 3.63) is 117 Å². The highest BCUT2D eigenvalue weighted by molar-refractivity contribution is 7.99. The summed E-state index contributed by atoms with van der Waals surface area (Å²) >= 11 is 14.7. The Labute approximate surface area is 278 Å². The highest BCUT2D eigenvalue weighted by Crippen LogP contribution is 2.40. The van der Waals surface area contributed by atoms with Crippen molar-refractivity contribution in [2.24, 2.45) is 0 Å². The zero-order chi connectivity index (χ0) is 31.1. The second-order valence-corrected chi connectivity index (χ2v) is 14.5. The molecule has 6 rings (SSSR count). The molecule has 4 aromatic rings. The lowest BCUT2D eigenvalue weighted by Gasteiger charge is -2.25. The molecule has 0 amide bonds. The van der Waals surface area contributed by atoms with Gasteiger partial charge in [0.1, 0.15) is 5.82 Å². The van der Waals surface area contributed by atoms with E-state index in [0.717, 1.165) is 61.7 Å². The van der Waals surface area contributed by atoms with Crippen LogP contribution >= 0.6 is 46.7 Å². The Hall–Kier alpha value is -2.06. The van der Waals surface area contributed by atoms with Crippen molar-refractivity contribution in [2.75, 3.05) is 26.2 Å². The lowest BCUT2D eigenvalue weighted by atomic mass is 9.89. The van der Waals surface area contributed by atoms with E-state index >= 15 is 0 Å². The summed E-state index contributed by atoms with van der Waals surface area (Å²) in [5.74, 6) is 0.519. The number of hydrogen-bond donors (Lipinski definition) is 2. The Morgan fingerprint density at radius 2 is 1.11 bits per heavy atom. The maximum Gasteiger partial charge on any atom is 0.155 e. The minimum atomic E-state index is -0.328. The van der Waals surface area contributed by atoms with E-state index < -0.39 is 0 Å². The van der Waals surface area contributed by atoms with Gasteiger partial charge in [0.05, 0.1) is 5.02 Å². The molecule has 4 aromatic carbocycles. The maximum atomic E-state index is 14.2. The summed E-state index contributed by atoms with van der Waals surface area (Å²) in [6.45, 7) is 8.43. The summed E-state index contributed by atoms with van der Waals surface area (Å²) in [6.07, 6.45) is 4.55. The maximum absolute atomic E-state index is 14.2. The van der Waals surface area contributed by atoms with Crippen molar-refractivity contribution in [1.29, 1.82) is 0 Å². The zero-order valence-corrected chi connectivity index (χ0v) is 28.2. The van der Waals surface area contributed by atoms with Crippen molar-refractivity contribution in [3.63, 3.8) is 0 Å². The molecule has 0 aliphatic carbocycles. The average molecular weight is 672 g/mol. The molecule has 0 unspecified atom stereocenters. The Balaban J connectivity index is 0.000000175. The molecule has 0 bridgehead atoms. The van der Waals surface area contributed by atoms with Crippen LogP contribution in [0.25, 0.3) is 0 Å². The second-order valence-electron chi connectivity index (χ2n) is 11.5. The van der Waals surface area contributed by atoms with E-state index in [1.54, 1.807) is 30.3 Å². The molecule has 0 spiro atoms. The van der Waals surface area contributed by atoms with Gasteiger partial charge in [-0.05, 0) is 131 Å². The third-order valence-corrected chi connectivity index (χ3v) is 10.9. The van der Waals surface area contributed by atoms with E-state index in [0.29, 0.717) is 26.6 Å². The normalized spacial score (nSPS) is 16.0. The average Bonchev–Trinajstić information content (AvgIpc) is 3.03. The minimum Gasteiger partial charge on any atom is -0.317 e. The summed E-state index contributed by atoms with van der Waals surface area (Å²) in [5.41, 5.74) is 5.20. The molecule has 232 valence electrons. The first-order valence-electron chi connectivity index (χ1n) is 15.2. The van der Waals surface area contributed by atoms with Crippen LogP contribution in [0.15, 0.2) is 92.4 Å². The predicted octanol–water partition coefficient (Wildman–Crippen LogP) is 10.8. The molecule has 2 nitrogen and oxygen atoms in total. The van der Waals surface area contributed by atoms with Crippen LogP contribution in [-0.4, -0.2) is 26.2 Å². The molecule has 2 N–H and O–H groups in total. The van der Waals surface area contributed by atoms with Gasteiger partial charge in [-0.2, -0.15) is 0 Å². The number of piperidine rings is 2. The first-order chi connectivity index (χ1) is 21.3. The highest BCUT2D eigenvalue weighted by Gasteiger charge is 2.21. The lowest BCUT2D eigenvalue weighted by molar-refractivity contribution is 0.456. The van der Waals surface area contributed by atoms with E-state index in [2.05, 4.69) is 60.9 Å². The van der Waals surface area contributed by atoms with Gasteiger partial charge in [-0.25, -0.2) is 8.78 Å². The molecule has 2 aliphatic rings. The van der Waals surface area contributed by atoms with E-state index in [1.807, 2.05) is 0 Å². The molecule has 0 atom stereocenters. The SMILES string of the molecule is Cc1ccc(Sc2ccc(Cl)cc2F)c(C2CCNCC2)c1.Cc1ccc(Sc2cccc(Cl)c2F)c(C2CCNCC2)c1. The monoisotopic (exact) mass is 670 g/mol. The summed E-state index contributed by atoms with van der Waals surface area (Å²) in [5, 5.41) is 7.42. The number of halogens is 4. The van der Waals surface area contributed by atoms with Crippen LogP contribution < -0.4 is 10.6 Å². The predicted molar refractivity (Wildman–Crippen MR) is 183 cm³/mol. The van der Waals surface area contributed by atoms with E-state index in [9.17, 15) is 8.78 Å². The van der Waals surface area contributed by atoms with Crippen molar-refractivity contribution >= 4 is 46.7 Å². The van der Waals surface area contributed by atoms with Gasteiger partial charge in [0.15, 0.2) is 5.82 Å². The van der Waals surface area contributed by atoms with Crippen molar-refractivity contribution in [3.8, 4) is 0 Å². The van der Waals surface area contributed by atoms with Gasteiger partial charge < -0.3 is 10.6 Å². The zero-order valence-electron chi connectivity index (χ0n) is 25.1. The molecule has 2 fully saturated rings. The van der Waals surface area contributed by atoms with Crippen LogP contribution in [0.2, 0.25) is 10.0 Å².